The van der Waals surface area contributed by atoms with E-state index in [4.69, 9.17) is 8.37 Å². The quantitative estimate of drug-likeness (QED) is 0.341. The van der Waals surface area contributed by atoms with Crippen LogP contribution in [-0.2, 0) is 50.1 Å². The van der Waals surface area contributed by atoms with Crippen LogP contribution in [0.2, 0.25) is 0 Å². The molecule has 0 saturated carbocycles. The van der Waals surface area contributed by atoms with Gasteiger partial charge in [-0.2, -0.15) is 16.8 Å². The lowest BCUT2D eigenvalue weighted by Gasteiger charge is -2.22. The zero-order valence-corrected chi connectivity index (χ0v) is 21.4. The number of benzene rings is 2. The molecule has 0 aliphatic heterocycles. The molecule has 0 radical (unpaired) electrons. The Morgan fingerprint density at radius 2 is 1.15 bits per heavy atom. The van der Waals surface area contributed by atoms with Crippen LogP contribution in [-0.4, -0.2) is 16.8 Å². The van der Waals surface area contributed by atoms with E-state index >= 15 is 0 Å². The Kier molecular flexibility index (Phi) is 10.2. The fourth-order valence-corrected chi connectivity index (χ4v) is 5.65. The van der Waals surface area contributed by atoms with Gasteiger partial charge in [0.2, 0.25) is 0 Å². The van der Waals surface area contributed by atoms with Gasteiger partial charge in [0.05, 0.1) is 0 Å². The molecule has 33 heavy (non-hydrogen) atoms. The number of hydrogen-bond donors (Lipinski definition) is 0. The highest BCUT2D eigenvalue weighted by atomic mass is 32.3. The molecule has 0 N–H and O–H groups in total. The third kappa shape index (κ3) is 8.01. The SMILES string of the molecule is CCCc1cc(OS(=O)(=O)OS(=O)(=O)Oc2ccccc2)c(CCC)c(CCC)c1CCC. The third-order valence-corrected chi connectivity index (χ3v) is 7.15. The number of hydrogen-bond acceptors (Lipinski definition) is 7. The Hall–Kier alpha value is -2.10. The van der Waals surface area contributed by atoms with Crippen LogP contribution in [0.15, 0.2) is 36.4 Å². The summed E-state index contributed by atoms with van der Waals surface area (Å²) in [6.45, 7) is 8.25. The molecule has 0 saturated heterocycles. The summed E-state index contributed by atoms with van der Waals surface area (Å²) in [6.07, 6.45) is 6.58. The molecule has 0 unspecified atom stereocenters. The first-order chi connectivity index (χ1) is 15.7. The van der Waals surface area contributed by atoms with Crippen LogP contribution in [0.1, 0.15) is 75.6 Å². The van der Waals surface area contributed by atoms with E-state index in [-0.39, 0.29) is 11.5 Å². The van der Waals surface area contributed by atoms with Crippen molar-refractivity contribution < 1.29 is 28.8 Å². The molecule has 9 heteroatoms. The van der Waals surface area contributed by atoms with Gasteiger partial charge < -0.3 is 8.37 Å². The van der Waals surface area contributed by atoms with Crippen molar-refractivity contribution in [2.45, 2.75) is 79.1 Å². The van der Waals surface area contributed by atoms with Gasteiger partial charge in [0.15, 0.2) is 0 Å². The second-order valence-corrected chi connectivity index (χ2v) is 10.3. The average molecular weight is 499 g/mol. The largest absolute Gasteiger partial charge is 0.466 e. The van der Waals surface area contributed by atoms with Gasteiger partial charge in [-0.05, 0) is 66.1 Å². The predicted octanol–water partition coefficient (Wildman–Crippen LogP) is 5.46. The summed E-state index contributed by atoms with van der Waals surface area (Å²) < 4.78 is 63.9. The van der Waals surface area contributed by atoms with Crippen LogP contribution in [0.25, 0.3) is 0 Å². The highest BCUT2D eigenvalue weighted by Gasteiger charge is 2.29. The lowest BCUT2D eigenvalue weighted by molar-refractivity contribution is 0.350. The second kappa shape index (κ2) is 12.4. The van der Waals surface area contributed by atoms with E-state index in [0.717, 1.165) is 61.6 Å². The molecule has 2 rings (SSSR count). The van der Waals surface area contributed by atoms with Crippen LogP contribution >= 0.6 is 0 Å². The summed E-state index contributed by atoms with van der Waals surface area (Å²) in [5.41, 5.74) is 4.16. The molecule has 0 aliphatic carbocycles. The Morgan fingerprint density at radius 1 is 0.636 bits per heavy atom. The first-order valence-corrected chi connectivity index (χ1v) is 14.1. The van der Waals surface area contributed by atoms with Gasteiger partial charge in [-0.1, -0.05) is 75.2 Å². The second-order valence-electron chi connectivity index (χ2n) is 7.83. The molecule has 0 atom stereocenters. The van der Waals surface area contributed by atoms with E-state index in [1.807, 2.05) is 6.92 Å². The minimum absolute atomic E-state index is 0.0706. The van der Waals surface area contributed by atoms with Crippen LogP contribution < -0.4 is 8.37 Å². The average Bonchev–Trinajstić information content (AvgIpc) is 2.72. The van der Waals surface area contributed by atoms with Crippen molar-refractivity contribution in [3.63, 3.8) is 0 Å². The molecule has 0 amide bonds. The van der Waals surface area contributed by atoms with Crippen molar-refractivity contribution in [3.05, 3.63) is 58.7 Å². The first kappa shape index (κ1) is 27.1. The molecule has 0 spiro atoms. The molecule has 0 heterocycles. The van der Waals surface area contributed by atoms with Crippen LogP contribution in [0.3, 0.4) is 0 Å². The van der Waals surface area contributed by atoms with E-state index in [1.54, 1.807) is 24.3 Å². The van der Waals surface area contributed by atoms with E-state index in [1.165, 1.54) is 17.7 Å². The normalized spacial score (nSPS) is 12.0. The maximum Gasteiger partial charge on any atom is 0.466 e. The lowest BCUT2D eigenvalue weighted by Crippen LogP contribution is -2.23. The molecule has 0 aliphatic rings. The van der Waals surface area contributed by atoms with Gasteiger partial charge in [0, 0.05) is 0 Å². The third-order valence-electron chi connectivity index (χ3n) is 5.04. The standard InChI is InChI=1S/C24H34O7S2/c1-5-12-19-18-24(23(15-8-4)22(14-7-3)21(19)13-6-2)30-33(27,28)31-32(25,26)29-20-16-10-9-11-17-20/h9-11,16-18H,5-8,12-15H2,1-4H3. The van der Waals surface area contributed by atoms with Crippen molar-refractivity contribution in [1.82, 2.24) is 0 Å². The van der Waals surface area contributed by atoms with Crippen molar-refractivity contribution in [3.8, 4) is 11.5 Å². The topological polar surface area (TPSA) is 96.0 Å². The minimum atomic E-state index is -4.95. The van der Waals surface area contributed by atoms with Gasteiger partial charge in [-0.25, -0.2) is 0 Å². The van der Waals surface area contributed by atoms with Crippen LogP contribution in [0, 0.1) is 0 Å². The summed E-state index contributed by atoms with van der Waals surface area (Å²) in [6, 6.07) is 9.23. The van der Waals surface area contributed by atoms with Gasteiger partial charge in [0.25, 0.3) is 0 Å². The van der Waals surface area contributed by atoms with Gasteiger partial charge in [-0.15, -0.1) is 0 Å². The Morgan fingerprint density at radius 3 is 1.73 bits per heavy atom. The monoisotopic (exact) mass is 498 g/mol. The van der Waals surface area contributed by atoms with Crippen molar-refractivity contribution in [2.75, 3.05) is 0 Å². The molecule has 2 aromatic rings. The minimum Gasteiger partial charge on any atom is -0.361 e. The van der Waals surface area contributed by atoms with E-state index in [0.29, 0.717) is 6.42 Å². The first-order valence-electron chi connectivity index (χ1n) is 11.5. The van der Waals surface area contributed by atoms with E-state index < -0.39 is 20.8 Å². The lowest BCUT2D eigenvalue weighted by atomic mass is 9.86. The van der Waals surface area contributed by atoms with Gasteiger partial charge >= 0.3 is 20.8 Å². The molecule has 0 fully saturated rings. The van der Waals surface area contributed by atoms with Crippen molar-refractivity contribution >= 4 is 20.8 Å². The van der Waals surface area contributed by atoms with E-state index in [2.05, 4.69) is 24.4 Å². The summed E-state index contributed by atoms with van der Waals surface area (Å²) in [7, 11) is -9.86. The molecule has 2 aromatic carbocycles. The zero-order valence-electron chi connectivity index (χ0n) is 19.8. The zero-order chi connectivity index (χ0) is 24.5. The van der Waals surface area contributed by atoms with Crippen molar-refractivity contribution in [1.29, 1.82) is 0 Å². The summed E-state index contributed by atoms with van der Waals surface area (Å²) in [5, 5.41) is 0. The molecular formula is C24H34O7S2. The molecule has 0 bridgehead atoms. The predicted molar refractivity (Wildman–Crippen MR) is 129 cm³/mol. The van der Waals surface area contributed by atoms with Gasteiger partial charge in [0.1, 0.15) is 11.5 Å². The number of rotatable bonds is 14. The van der Waals surface area contributed by atoms with Crippen molar-refractivity contribution in [2.24, 2.45) is 0 Å². The Balaban J connectivity index is 2.46. The van der Waals surface area contributed by atoms with Crippen LogP contribution in [0.5, 0.6) is 11.5 Å². The molecule has 0 aromatic heterocycles. The molecule has 184 valence electrons. The maximum absolute atomic E-state index is 12.6. The Bertz CT molecular complexity index is 1110. The fourth-order valence-electron chi connectivity index (χ4n) is 3.89. The summed E-state index contributed by atoms with van der Waals surface area (Å²) in [4.78, 5) is 0. The highest BCUT2D eigenvalue weighted by molar-refractivity contribution is 7.95. The molecule has 7 nitrogen and oxygen atoms in total. The number of para-hydroxylation sites is 1. The summed E-state index contributed by atoms with van der Waals surface area (Å²) in [5.74, 6) is 0.0530. The smallest absolute Gasteiger partial charge is 0.361 e. The summed E-state index contributed by atoms with van der Waals surface area (Å²) >= 11 is 0. The number of aryl methyl sites for hydroxylation is 1. The Labute approximate surface area is 198 Å². The van der Waals surface area contributed by atoms with Gasteiger partial charge in [-0.3, -0.25) is 0 Å². The van der Waals surface area contributed by atoms with E-state index in [9.17, 15) is 16.8 Å². The highest BCUT2D eigenvalue weighted by Crippen LogP contribution is 2.34. The van der Waals surface area contributed by atoms with Crippen LogP contribution in [0.4, 0.5) is 0 Å². The molecular weight excluding hydrogens is 464 g/mol. The maximum atomic E-state index is 12.6. The fraction of sp³-hybridized carbons (Fsp3) is 0.500.